The summed E-state index contributed by atoms with van der Waals surface area (Å²) in [6, 6.07) is -9.68. The van der Waals surface area contributed by atoms with Crippen molar-refractivity contribution < 1.29 is 121 Å². The predicted molar refractivity (Wildman–Crippen MR) is 356 cm³/mol. The molecule has 0 radical (unpaired) electrons. The maximum atomic E-state index is 14.7. The summed E-state index contributed by atoms with van der Waals surface area (Å²) < 4.78 is 5.65. The zero-order chi connectivity index (χ0) is 77.8. The first-order valence-corrected chi connectivity index (χ1v) is 32.4. The summed E-state index contributed by atoms with van der Waals surface area (Å²) in [5, 5.41) is 75.9. The molecular weight excluding hydrogens is 1380 g/mol. The van der Waals surface area contributed by atoms with Gasteiger partial charge in [0.15, 0.2) is 5.78 Å². The van der Waals surface area contributed by atoms with E-state index in [4.69, 9.17) is 16.2 Å². The predicted octanol–water partition coefficient (Wildman–Crippen LogP) is -6.36. The lowest BCUT2D eigenvalue weighted by atomic mass is 9.96. The summed E-state index contributed by atoms with van der Waals surface area (Å²) in [4.78, 5) is 260. The van der Waals surface area contributed by atoms with E-state index >= 15 is 0 Å². The third kappa shape index (κ3) is 26.8. The monoisotopic (exact) mass is 1460 g/mol. The summed E-state index contributed by atoms with van der Waals surface area (Å²) in [6.45, 7) is 2.06. The Morgan fingerprint density at radius 3 is 1.72 bits per heavy atom. The van der Waals surface area contributed by atoms with E-state index in [0.717, 1.165) is 27.7 Å². The normalized spacial score (nSPS) is 22.2. The Morgan fingerprint density at radius 1 is 0.587 bits per heavy atom. The number of ketones is 2. The van der Waals surface area contributed by atoms with Crippen LogP contribution < -0.4 is 75.3 Å². The minimum atomic E-state index is -2.38. The van der Waals surface area contributed by atoms with Gasteiger partial charge in [0, 0.05) is 41.2 Å². The molecule has 2 heterocycles. The number of carboxylic acid groups (broad SMARTS) is 4. The number of ether oxygens (including phenoxy) is 1. The van der Waals surface area contributed by atoms with Crippen LogP contribution in [0.25, 0.3) is 10.9 Å². The van der Waals surface area contributed by atoms with E-state index in [-0.39, 0.29) is 30.5 Å². The number of carbonyl (C=O) groups is 19. The molecule has 11 unspecified atom stereocenters. The molecule has 0 saturated carbocycles. The molecule has 4 rings (SSSR count). The van der Waals surface area contributed by atoms with Crippen LogP contribution in [0.5, 0.6) is 0 Å². The summed E-state index contributed by atoms with van der Waals surface area (Å²) >= 11 is 0. The molecule has 1 aromatic heterocycles. The van der Waals surface area contributed by atoms with Crippen LogP contribution in [-0.2, 0) is 97.5 Å². The highest BCUT2D eigenvalue weighted by atomic mass is 16.5. The van der Waals surface area contributed by atoms with Gasteiger partial charge in [-0.25, -0.2) is 4.79 Å². The number of unbranched alkanes of at least 4 members (excludes halogenated alkanes) is 1. The molecule has 3 aromatic rings. The van der Waals surface area contributed by atoms with Gasteiger partial charge in [-0.1, -0.05) is 57.0 Å². The van der Waals surface area contributed by atoms with Crippen LogP contribution >= 0.6 is 0 Å². The fourth-order valence-corrected chi connectivity index (χ4v) is 10.3. The zero-order valence-corrected chi connectivity index (χ0v) is 56.9. The molecule has 1 aliphatic rings. The van der Waals surface area contributed by atoms with E-state index in [2.05, 4.69) is 52.8 Å². The number of fused-ring (bicyclic) bond motifs is 1. The number of rotatable bonds is 26. The highest BCUT2D eigenvalue weighted by Crippen LogP contribution is 2.20. The van der Waals surface area contributed by atoms with E-state index < -0.39 is 249 Å². The second kappa shape index (κ2) is 40.5. The minimum Gasteiger partial charge on any atom is -0.481 e. The fraction of sp³-hybridized carbons (Fsp3) is 0.484. The standard InChI is InChI=1S/C64H85N15O25/c1-6-7-15-38-57(96)75-41(22-50(89)90)58(97)70-30(4)54(93)73-40(21-49(87)88)56(95)68-25-47(84)72-44(27-80)61(100)78-52(28(2)17-48(85)86)63(102)77-43(20-45(82)34-13-8-10-14-35(34)65)64(103)104-31(5)53(62(101)69-26-46(83)71-38)79-60(99)42(23-51(91)92)76-59(98)39(18-29(3)81)74-55(94)36(66)19-32-24-67-37-16-11-9-12-33(32)37/h8-14,16,24,28,30-31,36,38-44,52-53,67,80H,6-7,15,17-23,25-27,65-66H2,1-5H3,(H,68,95)(H,69,101)(H,70,97)(H,71,83)(H,72,84)(H,73,93)(H,74,94)(H,75,96)(H,76,98)(H,77,102)(H,78,100)(H,79,99)(H,85,86)(H,87,88)(H,89,90)(H,91,92)/t28?,30?,31?,36-,38?,39-,40?,41?,42?,43?,44?,52?,53?/m0/s1. The number of anilines is 1. The number of amides is 12. The average molecular weight is 1460 g/mol. The van der Waals surface area contributed by atoms with Gasteiger partial charge in [-0.2, -0.15) is 0 Å². The van der Waals surface area contributed by atoms with Gasteiger partial charge in [0.25, 0.3) is 0 Å². The SMILES string of the molecule is CCCCC1NC(=O)CNC(=O)C(NC(=O)C(CC(=O)O)NC(=O)[C@H](CC(C)=O)NC(=O)[C@@H](N)Cc2c[nH]c3ccccc23)C(C)OC(=O)C(CC(=O)c2ccccc2N)NC(=O)C(C(C)CC(=O)O)NC(=O)C(CO)NC(=O)CNC(=O)C(CC(=O)O)NC(=O)C(C)NC(=O)C(CC(=O)O)NC1=O. The molecule has 0 bridgehead atoms. The molecule has 13 atom stereocenters. The maximum absolute atomic E-state index is 14.7. The number of carbonyl (C=O) groups excluding carboxylic acids is 15. The van der Waals surface area contributed by atoms with Gasteiger partial charge in [0.2, 0.25) is 70.9 Å². The van der Waals surface area contributed by atoms with Crippen LogP contribution in [0.2, 0.25) is 0 Å². The second-order valence-electron chi connectivity index (χ2n) is 24.3. The minimum absolute atomic E-state index is 0.106. The van der Waals surface area contributed by atoms with E-state index in [1.165, 1.54) is 24.3 Å². The van der Waals surface area contributed by atoms with Crippen molar-refractivity contribution in [3.63, 3.8) is 0 Å². The Bertz CT molecular complexity index is 3750. The first-order valence-electron chi connectivity index (χ1n) is 32.4. The molecule has 40 heteroatoms. The van der Waals surface area contributed by atoms with Crippen molar-refractivity contribution in [2.45, 2.75) is 171 Å². The lowest BCUT2D eigenvalue weighted by Crippen LogP contribution is -2.61. The molecule has 2 aromatic carbocycles. The first kappa shape index (κ1) is 84.4. The Kier molecular flexibility index (Phi) is 32.9. The highest BCUT2D eigenvalue weighted by molar-refractivity contribution is 6.05. The van der Waals surface area contributed by atoms with Crippen molar-refractivity contribution in [2.24, 2.45) is 11.7 Å². The van der Waals surface area contributed by atoms with Crippen molar-refractivity contribution in [3.05, 3.63) is 65.9 Å². The number of H-pyrrole nitrogens is 1. The van der Waals surface area contributed by atoms with Crippen LogP contribution in [0.4, 0.5) is 5.69 Å². The molecule has 1 saturated heterocycles. The number of nitrogens with two attached hydrogens (primary N) is 2. The smallest absolute Gasteiger partial charge is 0.329 e. The van der Waals surface area contributed by atoms with Gasteiger partial charge in [-0.3, -0.25) is 86.3 Å². The van der Waals surface area contributed by atoms with Crippen molar-refractivity contribution >= 4 is 129 Å². The number of nitrogen functional groups attached to an aromatic ring is 1. The number of benzene rings is 2. The quantitative estimate of drug-likeness (QED) is 0.0202. The Labute approximate surface area is 591 Å². The largest absolute Gasteiger partial charge is 0.481 e. The Balaban J connectivity index is 1.86. The number of carboxylic acids is 4. The maximum Gasteiger partial charge on any atom is 0.329 e. The van der Waals surface area contributed by atoms with Gasteiger partial charge in [-0.05, 0) is 63.3 Å². The van der Waals surface area contributed by atoms with E-state index in [9.17, 15) is 117 Å². The Hall–Kier alpha value is -12.0. The molecule has 12 amide bonds. The topological polar surface area (TPSA) is 647 Å². The summed E-state index contributed by atoms with van der Waals surface area (Å²) in [7, 11) is 0. The third-order valence-electron chi connectivity index (χ3n) is 15.8. The average Bonchev–Trinajstić information content (AvgIpc) is 1.32. The van der Waals surface area contributed by atoms with Gasteiger partial charge in [-0.15, -0.1) is 0 Å². The Morgan fingerprint density at radius 2 is 1.12 bits per heavy atom. The van der Waals surface area contributed by atoms with Crippen LogP contribution in [0.3, 0.4) is 0 Å². The lowest BCUT2D eigenvalue weighted by molar-refractivity contribution is -0.156. The van der Waals surface area contributed by atoms with Crippen LogP contribution in [0.1, 0.15) is 108 Å². The van der Waals surface area contributed by atoms with Crippen molar-refractivity contribution in [1.82, 2.24) is 68.8 Å². The fourth-order valence-electron chi connectivity index (χ4n) is 10.3. The number of aromatic nitrogens is 1. The molecule has 40 nitrogen and oxygen atoms in total. The number of cyclic esters (lactones) is 1. The first-order chi connectivity index (χ1) is 48.9. The van der Waals surface area contributed by atoms with Crippen molar-refractivity contribution in [1.29, 1.82) is 0 Å². The second-order valence-corrected chi connectivity index (χ2v) is 24.3. The number of para-hydroxylation sites is 2. The van der Waals surface area contributed by atoms with E-state index in [1.54, 1.807) is 37.4 Å². The molecule has 1 fully saturated rings. The van der Waals surface area contributed by atoms with Crippen LogP contribution in [0.15, 0.2) is 54.7 Å². The number of aliphatic carboxylic acids is 4. The number of aliphatic hydroxyl groups is 1. The number of aromatic amines is 1. The third-order valence-corrected chi connectivity index (χ3v) is 15.8. The van der Waals surface area contributed by atoms with Gasteiger partial charge < -0.3 is 111 Å². The van der Waals surface area contributed by atoms with Crippen LogP contribution in [0, 0.1) is 5.92 Å². The summed E-state index contributed by atoms with van der Waals surface area (Å²) in [5.41, 5.74) is 13.2. The molecule has 22 N–H and O–H groups in total. The van der Waals surface area contributed by atoms with Gasteiger partial charge >= 0.3 is 29.8 Å². The molecule has 1 aliphatic heterocycles. The van der Waals surface area contributed by atoms with E-state index in [1.807, 2.05) is 16.0 Å². The van der Waals surface area contributed by atoms with Crippen molar-refractivity contribution in [3.8, 4) is 0 Å². The zero-order valence-electron chi connectivity index (χ0n) is 56.9. The number of hydrogen-bond acceptors (Lipinski definition) is 23. The summed E-state index contributed by atoms with van der Waals surface area (Å²) in [6.07, 6.45) is -6.95. The van der Waals surface area contributed by atoms with E-state index in [0.29, 0.717) is 22.9 Å². The lowest BCUT2D eigenvalue weighted by Gasteiger charge is -2.30. The molecule has 0 spiro atoms. The molecule has 0 aliphatic carbocycles. The van der Waals surface area contributed by atoms with Crippen LogP contribution in [-0.4, -0.2) is 235 Å². The number of Topliss-reactive ketones (excluding diaryl/α,β-unsaturated/α-hetero) is 2. The molecule has 566 valence electrons. The van der Waals surface area contributed by atoms with Gasteiger partial charge in [0.1, 0.15) is 72.3 Å². The summed E-state index contributed by atoms with van der Waals surface area (Å²) in [5.74, 6) is -27.9. The number of nitrogens with one attached hydrogen (secondary N) is 13. The number of hydrogen-bond donors (Lipinski definition) is 20. The highest BCUT2D eigenvalue weighted by Gasteiger charge is 2.41. The van der Waals surface area contributed by atoms with Crippen molar-refractivity contribution in [2.75, 3.05) is 25.4 Å². The number of aliphatic hydroxyl groups excluding tert-OH is 1. The molecular formula is C64H85N15O25. The van der Waals surface area contributed by atoms with Gasteiger partial charge in [0.05, 0.1) is 51.4 Å². The molecule has 104 heavy (non-hydrogen) atoms. The number of esters is 1.